The third-order valence-corrected chi connectivity index (χ3v) is 3.88. The number of pyridine rings is 1. The number of primary amides is 1. The van der Waals surface area contributed by atoms with E-state index in [2.05, 4.69) is 34.1 Å². The highest BCUT2D eigenvalue weighted by Gasteiger charge is 2.27. The molecule has 1 saturated heterocycles. The van der Waals surface area contributed by atoms with Gasteiger partial charge in [0.1, 0.15) is 5.52 Å². The molecule has 2 aromatic rings. The summed E-state index contributed by atoms with van der Waals surface area (Å²) in [6.45, 7) is 1.75. The van der Waals surface area contributed by atoms with Gasteiger partial charge in [0.25, 0.3) is 5.82 Å². The average molecular weight is 256 g/mol. The third-order valence-electron chi connectivity index (χ3n) is 3.88. The van der Waals surface area contributed by atoms with E-state index in [4.69, 9.17) is 5.73 Å². The number of fused-ring (bicyclic) bond motifs is 1. The number of nitrogens with one attached hydrogen (secondary N) is 1. The maximum absolute atomic E-state index is 11.2. The number of H-pyrrole nitrogens is 1. The molecule has 19 heavy (non-hydrogen) atoms. The molecule has 4 heteroatoms. The van der Waals surface area contributed by atoms with Crippen molar-refractivity contribution in [1.82, 2.24) is 0 Å². The molecule has 1 aromatic heterocycles. The van der Waals surface area contributed by atoms with Crippen molar-refractivity contribution in [3.05, 3.63) is 36.4 Å². The van der Waals surface area contributed by atoms with Crippen LogP contribution in [0.4, 0.5) is 5.82 Å². The number of hydrogen-bond donors (Lipinski definition) is 1. The van der Waals surface area contributed by atoms with Crippen LogP contribution in [0, 0.1) is 5.92 Å². The highest BCUT2D eigenvalue weighted by Crippen LogP contribution is 2.21. The van der Waals surface area contributed by atoms with Crippen LogP contribution >= 0.6 is 0 Å². The molecule has 0 atom stereocenters. The van der Waals surface area contributed by atoms with E-state index in [1.54, 1.807) is 0 Å². The Hall–Kier alpha value is -2.10. The zero-order chi connectivity index (χ0) is 13.2. The zero-order valence-corrected chi connectivity index (χ0v) is 10.8. The van der Waals surface area contributed by atoms with Crippen molar-refractivity contribution in [2.24, 2.45) is 11.7 Å². The molecule has 0 radical (unpaired) electrons. The SMILES string of the molecule is NC(=O)C1CCN(c2ccc3ccccc3[nH+]2)CC1. The van der Waals surface area contributed by atoms with Crippen LogP contribution in [0.25, 0.3) is 10.9 Å². The van der Waals surface area contributed by atoms with Gasteiger partial charge >= 0.3 is 0 Å². The number of amides is 1. The minimum atomic E-state index is -0.165. The van der Waals surface area contributed by atoms with Crippen molar-refractivity contribution in [2.75, 3.05) is 18.0 Å². The van der Waals surface area contributed by atoms with Crippen LogP contribution in [0.1, 0.15) is 12.8 Å². The number of aromatic amines is 1. The first-order valence-electron chi connectivity index (χ1n) is 6.69. The number of hydrogen-bond acceptors (Lipinski definition) is 2. The number of aromatic nitrogens is 1. The highest BCUT2D eigenvalue weighted by atomic mass is 16.1. The van der Waals surface area contributed by atoms with Crippen molar-refractivity contribution in [2.45, 2.75) is 12.8 Å². The van der Waals surface area contributed by atoms with Crippen LogP contribution < -0.4 is 15.6 Å². The summed E-state index contributed by atoms with van der Waals surface area (Å²) in [7, 11) is 0. The number of benzene rings is 1. The Labute approximate surface area is 112 Å². The summed E-state index contributed by atoms with van der Waals surface area (Å²) in [5, 5.41) is 1.21. The van der Waals surface area contributed by atoms with Crippen molar-refractivity contribution in [3.8, 4) is 0 Å². The van der Waals surface area contributed by atoms with Crippen molar-refractivity contribution in [1.29, 1.82) is 0 Å². The first-order valence-corrected chi connectivity index (χ1v) is 6.69. The lowest BCUT2D eigenvalue weighted by atomic mass is 9.96. The molecule has 4 nitrogen and oxygen atoms in total. The summed E-state index contributed by atoms with van der Waals surface area (Å²) in [6, 6.07) is 12.5. The van der Waals surface area contributed by atoms with Gasteiger partial charge in [0, 0.05) is 17.4 Å². The molecule has 1 aliphatic rings. The minimum Gasteiger partial charge on any atom is -0.369 e. The van der Waals surface area contributed by atoms with Crippen molar-refractivity contribution in [3.63, 3.8) is 0 Å². The molecule has 1 aliphatic heterocycles. The standard InChI is InChI=1S/C15H17N3O/c16-15(19)12-7-9-18(10-8-12)14-6-5-11-3-1-2-4-13(11)17-14/h1-6,12H,7-10H2,(H2,16,19)/p+1. The lowest BCUT2D eigenvalue weighted by molar-refractivity contribution is -0.330. The Kier molecular flexibility index (Phi) is 3.07. The van der Waals surface area contributed by atoms with Gasteiger partial charge in [-0.3, -0.25) is 9.69 Å². The number of piperidine rings is 1. The van der Waals surface area contributed by atoms with Crippen LogP contribution in [0.5, 0.6) is 0 Å². The number of nitrogens with zero attached hydrogens (tertiary/aromatic N) is 1. The van der Waals surface area contributed by atoms with Crippen LogP contribution in [0.2, 0.25) is 0 Å². The molecular weight excluding hydrogens is 238 g/mol. The predicted octanol–water partition coefficient (Wildman–Crippen LogP) is 1.36. The van der Waals surface area contributed by atoms with E-state index in [1.165, 1.54) is 5.39 Å². The monoisotopic (exact) mass is 256 g/mol. The lowest BCUT2D eigenvalue weighted by Crippen LogP contribution is -2.40. The second kappa shape index (κ2) is 4.88. The van der Waals surface area contributed by atoms with Crippen LogP contribution in [-0.4, -0.2) is 19.0 Å². The first-order chi connectivity index (χ1) is 9.24. The molecule has 3 rings (SSSR count). The molecule has 1 amide bonds. The van der Waals surface area contributed by atoms with Gasteiger partial charge in [-0.2, -0.15) is 0 Å². The molecule has 1 aromatic carbocycles. The molecule has 3 N–H and O–H groups in total. The normalized spacial score (nSPS) is 16.7. The van der Waals surface area contributed by atoms with E-state index in [9.17, 15) is 4.79 Å². The molecule has 0 unspecified atom stereocenters. The predicted molar refractivity (Wildman–Crippen MR) is 74.6 cm³/mol. The molecule has 2 heterocycles. The van der Waals surface area contributed by atoms with Gasteiger partial charge in [0.2, 0.25) is 5.91 Å². The second-order valence-corrected chi connectivity index (χ2v) is 5.09. The average Bonchev–Trinajstić information content (AvgIpc) is 2.47. The first kappa shape index (κ1) is 12.0. The Balaban J connectivity index is 1.80. The van der Waals surface area contributed by atoms with Gasteiger partial charge in [0.05, 0.1) is 13.1 Å². The van der Waals surface area contributed by atoms with E-state index >= 15 is 0 Å². The van der Waals surface area contributed by atoms with Gasteiger partial charge in [-0.1, -0.05) is 18.2 Å². The summed E-state index contributed by atoms with van der Waals surface area (Å²) >= 11 is 0. The lowest BCUT2D eigenvalue weighted by Gasteiger charge is -2.25. The summed E-state index contributed by atoms with van der Waals surface area (Å²) in [5.41, 5.74) is 6.50. The molecule has 0 saturated carbocycles. The Morgan fingerprint density at radius 3 is 2.63 bits per heavy atom. The summed E-state index contributed by atoms with van der Waals surface area (Å²) in [4.78, 5) is 16.9. The van der Waals surface area contributed by atoms with Gasteiger partial charge in [-0.15, -0.1) is 0 Å². The maximum atomic E-state index is 11.2. The number of nitrogens with two attached hydrogens (primary N) is 1. The summed E-state index contributed by atoms with van der Waals surface area (Å²) in [6.07, 6.45) is 1.69. The molecule has 0 bridgehead atoms. The van der Waals surface area contributed by atoms with Crippen molar-refractivity contribution >= 4 is 22.6 Å². The third kappa shape index (κ3) is 2.38. The number of carbonyl (C=O) groups is 1. The minimum absolute atomic E-state index is 0.0386. The van der Waals surface area contributed by atoms with E-state index < -0.39 is 0 Å². The highest BCUT2D eigenvalue weighted by molar-refractivity contribution is 5.77. The van der Waals surface area contributed by atoms with E-state index in [-0.39, 0.29) is 11.8 Å². The van der Waals surface area contributed by atoms with Crippen LogP contribution in [-0.2, 0) is 4.79 Å². The Morgan fingerprint density at radius 1 is 1.16 bits per heavy atom. The largest absolute Gasteiger partial charge is 0.369 e. The molecule has 0 aliphatic carbocycles. The fourth-order valence-corrected chi connectivity index (χ4v) is 2.69. The Morgan fingerprint density at radius 2 is 1.89 bits per heavy atom. The van der Waals surface area contributed by atoms with Gasteiger partial charge in [0.15, 0.2) is 0 Å². The summed E-state index contributed by atoms with van der Waals surface area (Å²) in [5.74, 6) is 0.987. The van der Waals surface area contributed by atoms with Gasteiger partial charge < -0.3 is 5.73 Å². The molecule has 98 valence electrons. The Bertz CT molecular complexity index is 603. The molecule has 1 fully saturated rings. The fourth-order valence-electron chi connectivity index (χ4n) is 2.69. The van der Waals surface area contributed by atoms with Gasteiger partial charge in [-0.25, -0.2) is 4.98 Å². The number of carbonyl (C=O) groups excluding carboxylic acids is 1. The topological polar surface area (TPSA) is 60.5 Å². The quantitative estimate of drug-likeness (QED) is 0.881. The number of anilines is 1. The van der Waals surface area contributed by atoms with Crippen LogP contribution in [0.15, 0.2) is 36.4 Å². The number of rotatable bonds is 2. The van der Waals surface area contributed by atoms with Crippen molar-refractivity contribution < 1.29 is 9.78 Å². The second-order valence-electron chi connectivity index (χ2n) is 5.09. The molecular formula is C15H18N3O+. The fraction of sp³-hybridized carbons (Fsp3) is 0.333. The smallest absolute Gasteiger partial charge is 0.274 e. The zero-order valence-electron chi connectivity index (χ0n) is 10.8. The number of para-hydroxylation sites is 1. The van der Waals surface area contributed by atoms with E-state index in [0.29, 0.717) is 0 Å². The maximum Gasteiger partial charge on any atom is 0.274 e. The van der Waals surface area contributed by atoms with E-state index in [1.807, 2.05) is 12.1 Å². The van der Waals surface area contributed by atoms with Gasteiger partial charge in [-0.05, 0) is 25.0 Å². The van der Waals surface area contributed by atoms with Crippen LogP contribution in [0.3, 0.4) is 0 Å². The molecule has 0 spiro atoms. The summed E-state index contributed by atoms with van der Waals surface area (Å²) < 4.78 is 0. The van der Waals surface area contributed by atoms with E-state index in [0.717, 1.165) is 37.3 Å².